The Bertz CT molecular complexity index is 802. The van der Waals surface area contributed by atoms with Crippen molar-refractivity contribution in [2.45, 2.75) is 61.8 Å². The summed E-state index contributed by atoms with van der Waals surface area (Å²) < 4.78 is 34.0. The summed E-state index contributed by atoms with van der Waals surface area (Å²) in [4.78, 5) is 15.0. The standard InChI is InChI=1S/C21H23F2NO3S/c22-17-11-14(8-9-19(25)26)12-18(23)20(17)27-13-15-5-4-10-24-21(15)28-16-6-2-1-3-7-16/h4-5,10-12,16H,1-3,6-9,13H2,(H,25,26). The molecule has 0 aliphatic heterocycles. The van der Waals surface area contributed by atoms with E-state index < -0.39 is 23.4 Å². The van der Waals surface area contributed by atoms with Gasteiger partial charge >= 0.3 is 5.97 Å². The molecule has 1 aromatic heterocycles. The third kappa shape index (κ3) is 5.67. The van der Waals surface area contributed by atoms with Gasteiger partial charge in [0.2, 0.25) is 0 Å². The molecule has 28 heavy (non-hydrogen) atoms. The molecule has 1 aliphatic rings. The molecule has 150 valence electrons. The largest absolute Gasteiger partial charge is 0.483 e. The summed E-state index contributed by atoms with van der Waals surface area (Å²) in [6.07, 6.45) is 7.63. The Morgan fingerprint density at radius 2 is 1.93 bits per heavy atom. The summed E-state index contributed by atoms with van der Waals surface area (Å²) in [7, 11) is 0. The maximum Gasteiger partial charge on any atom is 0.303 e. The highest BCUT2D eigenvalue weighted by molar-refractivity contribution is 7.99. The van der Waals surface area contributed by atoms with Crippen LogP contribution in [-0.2, 0) is 17.8 Å². The number of carboxylic acid groups (broad SMARTS) is 1. The molecule has 0 spiro atoms. The molecule has 1 saturated carbocycles. The van der Waals surface area contributed by atoms with Gasteiger partial charge < -0.3 is 9.84 Å². The Kier molecular flexibility index (Phi) is 7.25. The number of aliphatic carboxylic acids is 1. The van der Waals surface area contributed by atoms with Gasteiger partial charge in [-0.1, -0.05) is 25.3 Å². The van der Waals surface area contributed by atoms with Crippen LogP contribution in [0.5, 0.6) is 5.75 Å². The number of hydrogen-bond donors (Lipinski definition) is 1. The van der Waals surface area contributed by atoms with Crippen LogP contribution in [0.3, 0.4) is 0 Å². The quantitative estimate of drug-likeness (QED) is 0.637. The van der Waals surface area contributed by atoms with E-state index in [1.165, 1.54) is 19.3 Å². The summed E-state index contributed by atoms with van der Waals surface area (Å²) in [5.74, 6) is -3.12. The molecule has 3 rings (SSSR count). The first-order chi connectivity index (χ1) is 13.5. The third-order valence-electron chi connectivity index (χ3n) is 4.74. The number of carboxylic acids is 1. The number of aryl methyl sites for hydroxylation is 1. The average molecular weight is 407 g/mol. The molecule has 0 radical (unpaired) electrons. The van der Waals surface area contributed by atoms with Gasteiger partial charge in [0.1, 0.15) is 11.6 Å². The number of ether oxygens (including phenoxy) is 1. The second-order valence-corrected chi connectivity index (χ2v) is 8.21. The summed E-state index contributed by atoms with van der Waals surface area (Å²) in [5, 5.41) is 10.1. The van der Waals surface area contributed by atoms with Crippen molar-refractivity contribution >= 4 is 17.7 Å². The van der Waals surface area contributed by atoms with Crippen LogP contribution in [0.4, 0.5) is 8.78 Å². The van der Waals surface area contributed by atoms with E-state index in [-0.39, 0.29) is 19.4 Å². The Balaban J connectivity index is 1.67. The molecule has 0 amide bonds. The fourth-order valence-electron chi connectivity index (χ4n) is 3.28. The van der Waals surface area contributed by atoms with E-state index in [2.05, 4.69) is 4.98 Å². The SMILES string of the molecule is O=C(O)CCc1cc(F)c(OCc2cccnc2SC2CCCCC2)c(F)c1. The summed E-state index contributed by atoms with van der Waals surface area (Å²) in [6.45, 7) is 0.0191. The van der Waals surface area contributed by atoms with Gasteiger partial charge in [-0.3, -0.25) is 4.79 Å². The van der Waals surface area contributed by atoms with Crippen LogP contribution in [0.25, 0.3) is 0 Å². The number of nitrogens with zero attached hydrogens (tertiary/aromatic N) is 1. The minimum atomic E-state index is -1.01. The zero-order valence-electron chi connectivity index (χ0n) is 15.5. The fraction of sp³-hybridized carbons (Fsp3) is 0.429. The Morgan fingerprint density at radius 1 is 1.21 bits per heavy atom. The van der Waals surface area contributed by atoms with Crippen LogP contribution in [0.2, 0.25) is 0 Å². The van der Waals surface area contributed by atoms with E-state index in [1.807, 2.05) is 6.07 Å². The molecule has 2 aromatic rings. The predicted molar refractivity (Wildman–Crippen MR) is 104 cm³/mol. The second-order valence-electron chi connectivity index (χ2n) is 6.92. The molecular weight excluding hydrogens is 384 g/mol. The lowest BCUT2D eigenvalue weighted by atomic mass is 10.0. The number of pyridine rings is 1. The van der Waals surface area contributed by atoms with Gasteiger partial charge in [-0.15, -0.1) is 11.8 Å². The topological polar surface area (TPSA) is 59.4 Å². The second kappa shape index (κ2) is 9.87. The molecule has 4 nitrogen and oxygen atoms in total. The van der Waals surface area contributed by atoms with Gasteiger partial charge in [-0.25, -0.2) is 13.8 Å². The number of thioether (sulfide) groups is 1. The molecule has 1 aromatic carbocycles. The van der Waals surface area contributed by atoms with E-state index in [0.717, 1.165) is 35.6 Å². The molecule has 1 aliphatic carbocycles. The first-order valence-corrected chi connectivity index (χ1v) is 10.3. The molecule has 1 fully saturated rings. The van der Waals surface area contributed by atoms with Crippen molar-refractivity contribution in [3.8, 4) is 5.75 Å². The van der Waals surface area contributed by atoms with Crippen LogP contribution in [-0.4, -0.2) is 21.3 Å². The minimum absolute atomic E-state index is 0.0191. The summed E-state index contributed by atoms with van der Waals surface area (Å²) >= 11 is 1.71. The lowest BCUT2D eigenvalue weighted by Gasteiger charge is -2.21. The Hall–Kier alpha value is -2.15. The molecular formula is C21H23F2NO3S. The molecule has 7 heteroatoms. The van der Waals surface area contributed by atoms with Crippen LogP contribution in [0.1, 0.15) is 49.7 Å². The van der Waals surface area contributed by atoms with Gasteiger partial charge in [-0.05, 0) is 43.0 Å². The van der Waals surface area contributed by atoms with Crippen LogP contribution in [0, 0.1) is 11.6 Å². The highest BCUT2D eigenvalue weighted by atomic mass is 32.2. The van der Waals surface area contributed by atoms with Crippen LogP contribution >= 0.6 is 11.8 Å². The van der Waals surface area contributed by atoms with Crippen LogP contribution < -0.4 is 4.74 Å². The predicted octanol–water partition coefficient (Wildman–Crippen LogP) is 5.38. The minimum Gasteiger partial charge on any atom is -0.483 e. The van der Waals surface area contributed by atoms with Crippen molar-refractivity contribution in [3.05, 3.63) is 53.2 Å². The monoisotopic (exact) mass is 407 g/mol. The summed E-state index contributed by atoms with van der Waals surface area (Å²) in [6, 6.07) is 5.89. The number of rotatable bonds is 8. The van der Waals surface area contributed by atoms with Gasteiger partial charge in [-0.2, -0.15) is 0 Å². The highest BCUT2D eigenvalue weighted by Crippen LogP contribution is 2.34. The maximum absolute atomic E-state index is 14.3. The lowest BCUT2D eigenvalue weighted by molar-refractivity contribution is -0.136. The number of carbonyl (C=O) groups is 1. The van der Waals surface area contributed by atoms with Crippen LogP contribution in [0.15, 0.2) is 35.5 Å². The van der Waals surface area contributed by atoms with Gasteiger partial charge in [0.15, 0.2) is 17.4 Å². The smallest absolute Gasteiger partial charge is 0.303 e. The highest BCUT2D eigenvalue weighted by Gasteiger charge is 2.18. The van der Waals surface area contributed by atoms with E-state index >= 15 is 0 Å². The van der Waals surface area contributed by atoms with Crippen molar-refractivity contribution in [2.75, 3.05) is 0 Å². The Morgan fingerprint density at radius 3 is 2.61 bits per heavy atom. The molecule has 0 bridgehead atoms. The molecule has 0 unspecified atom stereocenters. The molecule has 1 N–H and O–H groups in total. The first-order valence-electron chi connectivity index (χ1n) is 9.46. The third-order valence-corrected chi connectivity index (χ3v) is 6.13. The van der Waals surface area contributed by atoms with Crippen molar-refractivity contribution in [3.63, 3.8) is 0 Å². The van der Waals surface area contributed by atoms with Crippen molar-refractivity contribution in [1.82, 2.24) is 4.98 Å². The average Bonchev–Trinajstić information content (AvgIpc) is 2.68. The van der Waals surface area contributed by atoms with E-state index in [1.54, 1.807) is 24.0 Å². The van der Waals surface area contributed by atoms with Gasteiger partial charge in [0.05, 0.1) is 0 Å². The van der Waals surface area contributed by atoms with Crippen molar-refractivity contribution < 1.29 is 23.4 Å². The normalized spacial score (nSPS) is 14.8. The summed E-state index contributed by atoms with van der Waals surface area (Å²) in [5.41, 5.74) is 1.09. The molecule has 1 heterocycles. The van der Waals surface area contributed by atoms with Gasteiger partial charge in [0.25, 0.3) is 0 Å². The zero-order valence-corrected chi connectivity index (χ0v) is 16.3. The number of aromatic nitrogens is 1. The first kappa shape index (κ1) is 20.6. The number of halogens is 2. The van der Waals surface area contributed by atoms with E-state index in [9.17, 15) is 13.6 Å². The Labute approximate surface area is 167 Å². The zero-order chi connectivity index (χ0) is 19.9. The maximum atomic E-state index is 14.3. The number of hydrogen-bond acceptors (Lipinski definition) is 4. The van der Waals surface area contributed by atoms with E-state index in [0.29, 0.717) is 10.8 Å². The lowest BCUT2D eigenvalue weighted by Crippen LogP contribution is -2.09. The van der Waals surface area contributed by atoms with E-state index in [4.69, 9.17) is 9.84 Å². The van der Waals surface area contributed by atoms with Crippen molar-refractivity contribution in [1.29, 1.82) is 0 Å². The van der Waals surface area contributed by atoms with Crippen molar-refractivity contribution in [2.24, 2.45) is 0 Å². The number of benzene rings is 1. The fourth-order valence-corrected chi connectivity index (χ4v) is 4.56. The molecule has 0 atom stereocenters. The molecule has 0 saturated heterocycles. The van der Waals surface area contributed by atoms with Gasteiger partial charge in [0, 0.05) is 23.4 Å².